The molecule has 1 fully saturated rings. The van der Waals surface area contributed by atoms with E-state index in [0.29, 0.717) is 17.4 Å². The van der Waals surface area contributed by atoms with Crippen molar-refractivity contribution in [3.8, 4) is 0 Å². The fourth-order valence-electron chi connectivity index (χ4n) is 4.00. The van der Waals surface area contributed by atoms with E-state index in [0.717, 1.165) is 30.4 Å². The summed E-state index contributed by atoms with van der Waals surface area (Å²) in [5.41, 5.74) is 3.17. The number of benzene rings is 1. The summed E-state index contributed by atoms with van der Waals surface area (Å²) in [6, 6.07) is 4.31. The third-order valence-electron chi connectivity index (χ3n) is 5.70. The molecule has 1 saturated heterocycles. The van der Waals surface area contributed by atoms with Crippen molar-refractivity contribution in [2.24, 2.45) is 0 Å². The van der Waals surface area contributed by atoms with Crippen LogP contribution in [-0.2, 0) is 10.0 Å². The summed E-state index contributed by atoms with van der Waals surface area (Å²) in [6.45, 7) is 15.5. The van der Waals surface area contributed by atoms with Crippen molar-refractivity contribution in [3.63, 3.8) is 0 Å². The normalized spacial score (nSPS) is 20.2. The van der Waals surface area contributed by atoms with Gasteiger partial charge in [-0.2, -0.15) is 4.31 Å². The fraction of sp³-hybridized carbons (Fsp3) is 0.727. The standard InChI is InChI=1S/C22H36BrNO2S/c1-8-20(23)21-10-9-11-24(21)27(25,26)22-18(15(4)5)12-17(14(2)3)13-19(22)16(6)7/h12-16,20-21H,8-11H2,1-7H3/t20-,21-/m1/s1. The highest BCUT2D eigenvalue weighted by Crippen LogP contribution is 2.39. The highest BCUT2D eigenvalue weighted by Gasteiger charge is 2.40. The van der Waals surface area contributed by atoms with Gasteiger partial charge in [-0.3, -0.25) is 0 Å². The van der Waals surface area contributed by atoms with E-state index >= 15 is 0 Å². The maximum absolute atomic E-state index is 13.9. The SMILES string of the molecule is CC[C@@H](Br)[C@H]1CCCN1S(=O)(=O)c1c(C(C)C)cc(C(C)C)cc1C(C)C. The van der Waals surface area contributed by atoms with E-state index in [2.05, 4.69) is 76.5 Å². The van der Waals surface area contributed by atoms with Crippen LogP contribution in [0.3, 0.4) is 0 Å². The van der Waals surface area contributed by atoms with Crippen LogP contribution in [0.2, 0.25) is 0 Å². The Bertz CT molecular complexity index is 727. The first-order valence-electron chi connectivity index (χ1n) is 10.4. The highest BCUT2D eigenvalue weighted by atomic mass is 79.9. The van der Waals surface area contributed by atoms with Crippen molar-refractivity contribution >= 4 is 26.0 Å². The molecule has 3 nitrogen and oxygen atoms in total. The molecule has 2 rings (SSSR count). The van der Waals surface area contributed by atoms with E-state index < -0.39 is 10.0 Å². The van der Waals surface area contributed by atoms with E-state index in [1.54, 1.807) is 4.31 Å². The lowest BCUT2D eigenvalue weighted by atomic mass is 9.89. The molecule has 1 aliphatic heterocycles. The molecule has 0 spiro atoms. The van der Waals surface area contributed by atoms with Gasteiger partial charge >= 0.3 is 0 Å². The van der Waals surface area contributed by atoms with Gasteiger partial charge in [0.1, 0.15) is 0 Å². The summed E-state index contributed by atoms with van der Waals surface area (Å²) in [5, 5.41) is 0. The number of hydrogen-bond donors (Lipinski definition) is 0. The van der Waals surface area contributed by atoms with Crippen LogP contribution in [-0.4, -0.2) is 30.1 Å². The minimum absolute atomic E-state index is 0.0461. The molecule has 0 amide bonds. The van der Waals surface area contributed by atoms with Crippen LogP contribution in [0.1, 0.15) is 102 Å². The summed E-state index contributed by atoms with van der Waals surface area (Å²) in [5.74, 6) is 0.708. The molecule has 0 N–H and O–H groups in total. The van der Waals surface area contributed by atoms with E-state index in [1.807, 2.05) is 0 Å². The topological polar surface area (TPSA) is 37.4 Å². The average molecular weight is 459 g/mol. The molecule has 0 unspecified atom stereocenters. The number of nitrogens with zero attached hydrogens (tertiary/aromatic N) is 1. The van der Waals surface area contributed by atoms with Crippen LogP contribution in [0.5, 0.6) is 0 Å². The lowest BCUT2D eigenvalue weighted by Gasteiger charge is -2.31. The van der Waals surface area contributed by atoms with Gasteiger partial charge in [0.2, 0.25) is 10.0 Å². The largest absolute Gasteiger partial charge is 0.243 e. The maximum Gasteiger partial charge on any atom is 0.243 e. The molecule has 1 aromatic carbocycles. The van der Waals surface area contributed by atoms with Crippen LogP contribution in [0.25, 0.3) is 0 Å². The Labute approximate surface area is 175 Å². The van der Waals surface area contributed by atoms with Gasteiger partial charge in [-0.15, -0.1) is 0 Å². The minimum atomic E-state index is -3.53. The molecular weight excluding hydrogens is 422 g/mol. The predicted octanol–water partition coefficient (Wildman–Crippen LogP) is 6.38. The predicted molar refractivity (Wildman–Crippen MR) is 119 cm³/mol. The Hall–Kier alpha value is -0.390. The van der Waals surface area contributed by atoms with Crippen LogP contribution < -0.4 is 0 Å². The highest BCUT2D eigenvalue weighted by molar-refractivity contribution is 9.09. The zero-order valence-corrected chi connectivity index (χ0v) is 20.3. The van der Waals surface area contributed by atoms with Crippen LogP contribution in [0, 0.1) is 0 Å². The Balaban J connectivity index is 2.71. The van der Waals surface area contributed by atoms with Crippen molar-refractivity contribution in [2.75, 3.05) is 6.54 Å². The number of hydrogen-bond acceptors (Lipinski definition) is 2. The van der Waals surface area contributed by atoms with Gasteiger partial charge < -0.3 is 0 Å². The van der Waals surface area contributed by atoms with Gasteiger partial charge in [-0.25, -0.2) is 8.42 Å². The summed E-state index contributed by atoms with van der Waals surface area (Å²) < 4.78 is 29.6. The van der Waals surface area contributed by atoms with E-state index in [-0.39, 0.29) is 22.7 Å². The molecule has 1 heterocycles. The van der Waals surface area contributed by atoms with Crippen molar-refractivity contribution in [3.05, 3.63) is 28.8 Å². The smallest absolute Gasteiger partial charge is 0.207 e. The zero-order chi connectivity index (χ0) is 20.5. The summed E-state index contributed by atoms with van der Waals surface area (Å²) in [4.78, 5) is 0.773. The Morgan fingerprint density at radius 3 is 1.96 bits per heavy atom. The number of alkyl halides is 1. The Kier molecular flexibility index (Phi) is 7.60. The Morgan fingerprint density at radius 2 is 1.56 bits per heavy atom. The van der Waals surface area contributed by atoms with Gasteiger partial charge in [0.05, 0.1) is 4.90 Å². The van der Waals surface area contributed by atoms with Gasteiger partial charge in [0.15, 0.2) is 0 Å². The van der Waals surface area contributed by atoms with Crippen LogP contribution in [0.4, 0.5) is 0 Å². The maximum atomic E-state index is 13.9. The molecule has 0 bridgehead atoms. The van der Waals surface area contributed by atoms with Crippen molar-refractivity contribution in [1.29, 1.82) is 0 Å². The first-order valence-corrected chi connectivity index (χ1v) is 12.7. The molecule has 2 atom stereocenters. The average Bonchev–Trinajstić information content (AvgIpc) is 3.10. The number of rotatable bonds is 7. The molecule has 0 aromatic heterocycles. The molecule has 27 heavy (non-hydrogen) atoms. The van der Waals surface area contributed by atoms with E-state index in [1.165, 1.54) is 5.56 Å². The number of halogens is 1. The quantitative estimate of drug-likeness (QED) is 0.445. The molecule has 1 aliphatic rings. The monoisotopic (exact) mass is 457 g/mol. The first kappa shape index (κ1) is 22.9. The van der Waals surface area contributed by atoms with Gasteiger partial charge in [0, 0.05) is 17.4 Å². The Morgan fingerprint density at radius 1 is 1.04 bits per heavy atom. The molecule has 0 saturated carbocycles. The molecule has 0 radical (unpaired) electrons. The van der Waals surface area contributed by atoms with Crippen molar-refractivity contribution in [2.45, 2.75) is 101 Å². The third-order valence-corrected chi connectivity index (χ3v) is 9.02. The summed E-state index contributed by atoms with van der Waals surface area (Å²) in [6.07, 6.45) is 2.79. The van der Waals surface area contributed by atoms with E-state index in [9.17, 15) is 8.42 Å². The molecular formula is C22H36BrNO2S. The lowest BCUT2D eigenvalue weighted by Crippen LogP contribution is -2.41. The second kappa shape index (κ2) is 8.96. The number of sulfonamides is 1. The van der Waals surface area contributed by atoms with Crippen molar-refractivity contribution in [1.82, 2.24) is 4.31 Å². The molecule has 0 aliphatic carbocycles. The van der Waals surface area contributed by atoms with Crippen LogP contribution >= 0.6 is 15.9 Å². The second-order valence-corrected chi connectivity index (χ2v) is 11.7. The second-order valence-electron chi connectivity index (χ2n) is 8.74. The minimum Gasteiger partial charge on any atom is -0.207 e. The van der Waals surface area contributed by atoms with Gasteiger partial charge in [-0.05, 0) is 53.7 Å². The first-order chi connectivity index (χ1) is 12.5. The molecule has 154 valence electrons. The lowest BCUT2D eigenvalue weighted by molar-refractivity contribution is 0.376. The third kappa shape index (κ3) is 4.62. The van der Waals surface area contributed by atoms with E-state index in [4.69, 9.17) is 0 Å². The summed E-state index contributed by atoms with van der Waals surface area (Å²) >= 11 is 3.73. The zero-order valence-electron chi connectivity index (χ0n) is 17.9. The molecule has 5 heteroatoms. The fourth-order valence-corrected chi connectivity index (χ4v) is 7.11. The summed E-state index contributed by atoms with van der Waals surface area (Å²) in [7, 11) is -3.53. The van der Waals surface area contributed by atoms with Crippen LogP contribution in [0.15, 0.2) is 17.0 Å². The van der Waals surface area contributed by atoms with Gasteiger partial charge in [-0.1, -0.05) is 76.5 Å². The molecule has 1 aromatic rings. The van der Waals surface area contributed by atoms with Gasteiger partial charge in [0.25, 0.3) is 0 Å². The van der Waals surface area contributed by atoms with Crippen molar-refractivity contribution < 1.29 is 8.42 Å².